The smallest absolute Gasteiger partial charge is 0.258 e. The van der Waals surface area contributed by atoms with Crippen LogP contribution in [0.2, 0.25) is 0 Å². The summed E-state index contributed by atoms with van der Waals surface area (Å²) in [6.07, 6.45) is 0. The monoisotopic (exact) mass is 419 g/mol. The van der Waals surface area contributed by atoms with Gasteiger partial charge in [-0.25, -0.2) is 4.39 Å². The van der Waals surface area contributed by atoms with Gasteiger partial charge in [0.2, 0.25) is 0 Å². The van der Waals surface area contributed by atoms with Crippen LogP contribution in [0, 0.1) is 5.82 Å². The number of nitrogens with one attached hydrogen (secondary N) is 1. The number of carbonyl (C=O) groups is 1. The molecule has 0 spiro atoms. The second kappa shape index (κ2) is 8.27. The fourth-order valence-electron chi connectivity index (χ4n) is 2.31. The van der Waals surface area contributed by atoms with Crippen LogP contribution < -0.4 is 10.1 Å². The van der Waals surface area contributed by atoms with E-state index in [9.17, 15) is 9.18 Å². The zero-order valence-electron chi connectivity index (χ0n) is 13.1. The molecule has 1 heterocycles. The number of benzene rings is 2. The molecule has 25 heavy (non-hydrogen) atoms. The van der Waals surface area contributed by atoms with E-state index in [4.69, 9.17) is 4.74 Å². The van der Waals surface area contributed by atoms with Crippen LogP contribution in [0.4, 0.5) is 4.39 Å². The number of halogens is 2. The quantitative estimate of drug-likeness (QED) is 0.614. The van der Waals surface area contributed by atoms with Gasteiger partial charge in [0.1, 0.15) is 11.6 Å². The highest BCUT2D eigenvalue weighted by Gasteiger charge is 2.18. The van der Waals surface area contributed by atoms with Crippen molar-refractivity contribution >= 4 is 33.2 Å². The molecule has 1 atom stereocenters. The van der Waals surface area contributed by atoms with Crippen LogP contribution in [-0.4, -0.2) is 12.5 Å². The summed E-state index contributed by atoms with van der Waals surface area (Å²) in [6.45, 7) is -0.0926. The summed E-state index contributed by atoms with van der Waals surface area (Å²) in [5.41, 5.74) is 0.820. The molecule has 1 aromatic heterocycles. The largest absolute Gasteiger partial charge is 0.484 e. The van der Waals surface area contributed by atoms with Crippen LogP contribution >= 0.6 is 27.3 Å². The molecule has 1 amide bonds. The van der Waals surface area contributed by atoms with Gasteiger partial charge in [-0.3, -0.25) is 4.79 Å². The Morgan fingerprint density at radius 1 is 1.12 bits per heavy atom. The van der Waals surface area contributed by atoms with Crippen molar-refractivity contribution in [3.8, 4) is 5.75 Å². The minimum Gasteiger partial charge on any atom is -0.484 e. The highest BCUT2D eigenvalue weighted by Crippen LogP contribution is 2.26. The standard InChI is InChI=1S/C19H15BrFNO2S/c20-14-5-9-16(10-6-14)24-12-18(23)22-19(17-2-1-11-25-17)13-3-7-15(21)8-4-13/h1-11,19H,12H2,(H,22,23)/t19-/m1/s1. The number of hydrogen-bond acceptors (Lipinski definition) is 3. The summed E-state index contributed by atoms with van der Waals surface area (Å²) in [4.78, 5) is 13.3. The number of hydrogen-bond donors (Lipinski definition) is 1. The van der Waals surface area contributed by atoms with Gasteiger partial charge in [-0.05, 0) is 53.4 Å². The van der Waals surface area contributed by atoms with Gasteiger partial charge in [-0.1, -0.05) is 34.1 Å². The number of ether oxygens (including phenoxy) is 1. The van der Waals surface area contributed by atoms with Crippen LogP contribution in [0.3, 0.4) is 0 Å². The van der Waals surface area contributed by atoms with Crippen LogP contribution in [0.5, 0.6) is 5.75 Å². The van der Waals surface area contributed by atoms with E-state index < -0.39 is 0 Å². The maximum absolute atomic E-state index is 13.2. The van der Waals surface area contributed by atoms with Gasteiger partial charge in [0.25, 0.3) is 5.91 Å². The first kappa shape index (κ1) is 17.6. The molecule has 0 fully saturated rings. The third-order valence-electron chi connectivity index (χ3n) is 3.52. The normalized spacial score (nSPS) is 11.8. The zero-order valence-corrected chi connectivity index (χ0v) is 15.5. The Morgan fingerprint density at radius 3 is 2.48 bits per heavy atom. The summed E-state index contributed by atoms with van der Waals surface area (Å²) in [7, 11) is 0. The molecule has 128 valence electrons. The van der Waals surface area contributed by atoms with E-state index in [1.54, 1.807) is 24.3 Å². The second-order valence-electron chi connectivity index (χ2n) is 5.31. The Morgan fingerprint density at radius 2 is 1.84 bits per heavy atom. The second-order valence-corrected chi connectivity index (χ2v) is 7.21. The van der Waals surface area contributed by atoms with Gasteiger partial charge in [-0.15, -0.1) is 11.3 Å². The molecule has 0 radical (unpaired) electrons. The first-order valence-electron chi connectivity index (χ1n) is 7.58. The van der Waals surface area contributed by atoms with Gasteiger partial charge in [0, 0.05) is 9.35 Å². The first-order chi connectivity index (χ1) is 12.1. The SMILES string of the molecule is O=C(COc1ccc(Br)cc1)N[C@H](c1ccc(F)cc1)c1cccs1. The molecule has 0 saturated heterocycles. The number of amides is 1. The Labute approximate surface area is 157 Å². The van der Waals surface area contributed by atoms with Crippen LogP contribution in [0.1, 0.15) is 16.5 Å². The summed E-state index contributed by atoms with van der Waals surface area (Å²) in [6, 6.07) is 16.9. The molecule has 0 bridgehead atoms. The molecule has 0 aliphatic heterocycles. The Kier molecular flexibility index (Phi) is 5.83. The molecule has 3 rings (SSSR count). The molecule has 3 aromatic rings. The van der Waals surface area contributed by atoms with E-state index in [2.05, 4.69) is 21.2 Å². The van der Waals surface area contributed by atoms with E-state index in [1.165, 1.54) is 23.5 Å². The maximum atomic E-state index is 13.2. The number of rotatable bonds is 6. The predicted molar refractivity (Wildman–Crippen MR) is 100 cm³/mol. The first-order valence-corrected chi connectivity index (χ1v) is 9.26. The number of carbonyl (C=O) groups excluding carboxylic acids is 1. The van der Waals surface area contributed by atoms with Crippen molar-refractivity contribution in [2.24, 2.45) is 0 Å². The van der Waals surface area contributed by atoms with Crippen molar-refractivity contribution in [1.82, 2.24) is 5.32 Å². The zero-order chi connectivity index (χ0) is 17.6. The topological polar surface area (TPSA) is 38.3 Å². The van der Waals surface area contributed by atoms with Gasteiger partial charge in [-0.2, -0.15) is 0 Å². The molecular formula is C19H15BrFNO2S. The van der Waals surface area contributed by atoms with Crippen molar-refractivity contribution in [3.05, 3.63) is 86.8 Å². The van der Waals surface area contributed by atoms with Crippen molar-refractivity contribution in [2.45, 2.75) is 6.04 Å². The van der Waals surface area contributed by atoms with Crippen molar-refractivity contribution in [2.75, 3.05) is 6.61 Å². The Balaban J connectivity index is 1.68. The van der Waals surface area contributed by atoms with E-state index >= 15 is 0 Å². The van der Waals surface area contributed by atoms with Crippen LogP contribution in [0.15, 0.2) is 70.5 Å². The van der Waals surface area contributed by atoms with Gasteiger partial charge < -0.3 is 10.1 Å². The highest BCUT2D eigenvalue weighted by atomic mass is 79.9. The van der Waals surface area contributed by atoms with E-state index in [1.807, 2.05) is 29.6 Å². The third kappa shape index (κ3) is 4.90. The minimum atomic E-state index is -0.332. The molecule has 6 heteroatoms. The lowest BCUT2D eigenvalue weighted by Crippen LogP contribution is -2.32. The molecule has 2 aromatic carbocycles. The molecule has 0 aliphatic rings. The lowest BCUT2D eigenvalue weighted by Gasteiger charge is -2.18. The van der Waals surface area contributed by atoms with E-state index in [0.717, 1.165) is 14.9 Å². The van der Waals surface area contributed by atoms with Gasteiger partial charge >= 0.3 is 0 Å². The maximum Gasteiger partial charge on any atom is 0.258 e. The van der Waals surface area contributed by atoms with Gasteiger partial charge in [0.15, 0.2) is 6.61 Å². The van der Waals surface area contributed by atoms with Crippen LogP contribution in [0.25, 0.3) is 0 Å². The minimum absolute atomic E-state index is 0.0926. The lowest BCUT2D eigenvalue weighted by molar-refractivity contribution is -0.123. The highest BCUT2D eigenvalue weighted by molar-refractivity contribution is 9.10. The average molecular weight is 420 g/mol. The summed E-state index contributed by atoms with van der Waals surface area (Å²) in [5.74, 6) is 0.0667. The lowest BCUT2D eigenvalue weighted by atomic mass is 10.1. The Bertz CT molecular complexity index is 820. The fourth-order valence-corrected chi connectivity index (χ4v) is 3.38. The Hall–Kier alpha value is -2.18. The molecule has 0 aliphatic carbocycles. The van der Waals surface area contributed by atoms with Crippen molar-refractivity contribution in [1.29, 1.82) is 0 Å². The van der Waals surface area contributed by atoms with Crippen molar-refractivity contribution < 1.29 is 13.9 Å². The summed E-state index contributed by atoms with van der Waals surface area (Å²) < 4.78 is 19.6. The molecular weight excluding hydrogens is 405 g/mol. The van der Waals surface area contributed by atoms with Gasteiger partial charge in [0.05, 0.1) is 6.04 Å². The molecule has 3 nitrogen and oxygen atoms in total. The third-order valence-corrected chi connectivity index (χ3v) is 4.99. The fraction of sp³-hybridized carbons (Fsp3) is 0.105. The number of thiophene rings is 1. The van der Waals surface area contributed by atoms with E-state index in [-0.39, 0.29) is 24.4 Å². The van der Waals surface area contributed by atoms with E-state index in [0.29, 0.717) is 5.75 Å². The summed E-state index contributed by atoms with van der Waals surface area (Å²) in [5, 5.41) is 4.89. The average Bonchev–Trinajstić information content (AvgIpc) is 3.14. The van der Waals surface area contributed by atoms with Crippen LogP contribution in [-0.2, 0) is 4.79 Å². The molecule has 0 unspecified atom stereocenters. The summed E-state index contributed by atoms with van der Waals surface area (Å²) >= 11 is 4.88. The molecule has 1 N–H and O–H groups in total. The molecule has 0 saturated carbocycles. The van der Waals surface area contributed by atoms with Crippen molar-refractivity contribution in [3.63, 3.8) is 0 Å². The predicted octanol–water partition coefficient (Wildman–Crippen LogP) is 4.93.